The zero-order valence-corrected chi connectivity index (χ0v) is 26.7. The van der Waals surface area contributed by atoms with Gasteiger partial charge in [0.15, 0.2) is 0 Å². The van der Waals surface area contributed by atoms with Crippen LogP contribution in [0.5, 0.6) is 0 Å². The molecule has 5 nitrogen and oxygen atoms in total. The second kappa shape index (κ2) is 31.0. The summed E-state index contributed by atoms with van der Waals surface area (Å²) in [5, 5.41) is 32.9. The zero-order valence-electron chi connectivity index (χ0n) is 26.7. The van der Waals surface area contributed by atoms with E-state index in [-0.39, 0.29) is 6.61 Å². The Bertz CT molecular complexity index is 554. The summed E-state index contributed by atoms with van der Waals surface area (Å²) in [6.07, 6.45) is 33.6. The molecule has 4 N–H and O–H groups in total. The van der Waals surface area contributed by atoms with Crippen molar-refractivity contribution < 1.29 is 20.1 Å². The molecule has 1 unspecified atom stereocenters. The van der Waals surface area contributed by atoms with Crippen molar-refractivity contribution >= 4 is 5.91 Å². The Morgan fingerprint density at radius 2 is 0.975 bits per heavy atom. The summed E-state index contributed by atoms with van der Waals surface area (Å²) in [4.78, 5) is 12.3. The monoisotopic (exact) mass is 568 g/mol. The van der Waals surface area contributed by atoms with Gasteiger partial charge in [0, 0.05) is 0 Å². The minimum Gasteiger partial charge on any atom is -0.394 e. The number of aliphatic hydroxyl groups excluding tert-OH is 3. The molecule has 0 aromatic heterocycles. The lowest BCUT2D eigenvalue weighted by Crippen LogP contribution is -2.48. The molecule has 238 valence electrons. The van der Waals surface area contributed by atoms with Gasteiger partial charge in [0.2, 0.25) is 5.91 Å². The van der Waals surface area contributed by atoms with Gasteiger partial charge in [-0.25, -0.2) is 0 Å². The topological polar surface area (TPSA) is 89.8 Å². The van der Waals surface area contributed by atoms with Gasteiger partial charge in [0.05, 0.1) is 18.8 Å². The highest BCUT2D eigenvalue weighted by Gasteiger charge is 2.22. The number of unbranched alkanes of at least 4 members (excludes halogenated alkanes) is 23. The second-order valence-corrected chi connectivity index (χ2v) is 12.1. The SMILES string of the molecule is CCCCCCCCCCCCC/C=C/[C@@H](O)[C@H](CO)NC(=O)C(O)CCCCCCCCCCCCCCC. The van der Waals surface area contributed by atoms with Crippen LogP contribution in [-0.4, -0.2) is 46.1 Å². The molecule has 0 bridgehead atoms. The summed E-state index contributed by atoms with van der Waals surface area (Å²) in [5.41, 5.74) is 0. The molecule has 40 heavy (non-hydrogen) atoms. The number of carbonyl (C=O) groups is 1. The highest BCUT2D eigenvalue weighted by Crippen LogP contribution is 2.14. The molecule has 0 heterocycles. The van der Waals surface area contributed by atoms with Crippen LogP contribution in [0.1, 0.15) is 181 Å². The van der Waals surface area contributed by atoms with Gasteiger partial charge in [-0.05, 0) is 19.3 Å². The Labute approximate surface area is 249 Å². The van der Waals surface area contributed by atoms with Crippen molar-refractivity contribution in [2.45, 2.75) is 199 Å². The standard InChI is InChI=1S/C35H69NO4/c1-3-5-7-9-11-13-15-17-19-21-23-25-27-29-33(38)32(31-37)36-35(40)34(39)30-28-26-24-22-20-18-16-14-12-10-8-6-4-2/h27,29,32-34,37-39H,3-26,28,30-31H2,1-2H3,(H,36,40)/b29-27+/t32-,33+,34?/m0/s1. The first kappa shape index (κ1) is 39.1. The number of hydrogen-bond donors (Lipinski definition) is 4. The first-order chi connectivity index (χ1) is 19.6. The first-order valence-electron chi connectivity index (χ1n) is 17.5. The smallest absolute Gasteiger partial charge is 0.249 e. The molecule has 0 aromatic carbocycles. The van der Waals surface area contributed by atoms with E-state index in [1.165, 1.54) is 128 Å². The molecule has 0 radical (unpaired) electrons. The quantitative estimate of drug-likeness (QED) is 0.0497. The third-order valence-electron chi connectivity index (χ3n) is 8.13. The highest BCUT2D eigenvalue weighted by molar-refractivity contribution is 5.80. The minimum atomic E-state index is -1.09. The maximum atomic E-state index is 12.3. The van der Waals surface area contributed by atoms with Crippen LogP contribution in [0.4, 0.5) is 0 Å². The number of aliphatic hydroxyl groups is 3. The Morgan fingerprint density at radius 1 is 0.600 bits per heavy atom. The van der Waals surface area contributed by atoms with Gasteiger partial charge in [-0.1, -0.05) is 174 Å². The lowest BCUT2D eigenvalue weighted by Gasteiger charge is -2.21. The largest absolute Gasteiger partial charge is 0.394 e. The van der Waals surface area contributed by atoms with Gasteiger partial charge in [0.25, 0.3) is 0 Å². The molecule has 0 saturated carbocycles. The third kappa shape index (κ3) is 26.0. The maximum absolute atomic E-state index is 12.3. The summed E-state index contributed by atoms with van der Waals surface area (Å²) in [6, 6.07) is -0.789. The molecule has 0 aliphatic carbocycles. The fraction of sp³-hybridized carbons (Fsp3) is 0.914. The molecule has 0 fully saturated rings. The summed E-state index contributed by atoms with van der Waals surface area (Å²) in [6.45, 7) is 4.15. The lowest BCUT2D eigenvalue weighted by molar-refractivity contribution is -0.131. The van der Waals surface area contributed by atoms with Crippen LogP contribution in [0, 0.1) is 0 Å². The Morgan fingerprint density at radius 3 is 1.38 bits per heavy atom. The average molecular weight is 568 g/mol. The molecular weight excluding hydrogens is 498 g/mol. The maximum Gasteiger partial charge on any atom is 0.249 e. The van der Waals surface area contributed by atoms with Crippen molar-refractivity contribution in [1.82, 2.24) is 5.32 Å². The van der Waals surface area contributed by atoms with E-state index in [2.05, 4.69) is 19.2 Å². The molecule has 0 rings (SSSR count). The van der Waals surface area contributed by atoms with Crippen LogP contribution in [0.25, 0.3) is 0 Å². The van der Waals surface area contributed by atoms with Crippen molar-refractivity contribution in [2.24, 2.45) is 0 Å². The van der Waals surface area contributed by atoms with Crippen molar-refractivity contribution in [3.05, 3.63) is 12.2 Å². The molecule has 3 atom stereocenters. The molecule has 0 aromatic rings. The number of amides is 1. The van der Waals surface area contributed by atoms with E-state index in [1.54, 1.807) is 6.08 Å². The molecule has 5 heteroatoms. The van der Waals surface area contributed by atoms with Crippen LogP contribution in [0.3, 0.4) is 0 Å². The van der Waals surface area contributed by atoms with Crippen LogP contribution in [0.15, 0.2) is 12.2 Å². The third-order valence-corrected chi connectivity index (χ3v) is 8.13. The van der Waals surface area contributed by atoms with Gasteiger partial charge in [0.1, 0.15) is 6.10 Å². The summed E-state index contributed by atoms with van der Waals surface area (Å²) >= 11 is 0. The number of nitrogens with one attached hydrogen (secondary N) is 1. The summed E-state index contributed by atoms with van der Waals surface area (Å²) in [7, 11) is 0. The normalized spacial score (nSPS) is 14.0. The minimum absolute atomic E-state index is 0.360. The van der Waals surface area contributed by atoms with E-state index in [9.17, 15) is 20.1 Å². The Hall–Kier alpha value is -0.910. The van der Waals surface area contributed by atoms with E-state index in [0.717, 1.165) is 32.1 Å². The van der Waals surface area contributed by atoms with Gasteiger partial charge in [-0.15, -0.1) is 0 Å². The van der Waals surface area contributed by atoms with Crippen molar-refractivity contribution in [3.8, 4) is 0 Å². The average Bonchev–Trinajstić information content (AvgIpc) is 2.96. The highest BCUT2D eigenvalue weighted by atomic mass is 16.3. The fourth-order valence-corrected chi connectivity index (χ4v) is 5.30. The number of allylic oxidation sites excluding steroid dienone is 1. The number of hydrogen-bond acceptors (Lipinski definition) is 4. The van der Waals surface area contributed by atoms with E-state index in [4.69, 9.17) is 0 Å². The van der Waals surface area contributed by atoms with Crippen LogP contribution in [-0.2, 0) is 4.79 Å². The second-order valence-electron chi connectivity index (χ2n) is 12.1. The molecular formula is C35H69NO4. The van der Waals surface area contributed by atoms with Crippen LogP contribution >= 0.6 is 0 Å². The molecule has 0 aliphatic rings. The predicted molar refractivity (Wildman–Crippen MR) is 172 cm³/mol. The predicted octanol–water partition coefficient (Wildman–Crippen LogP) is 8.92. The van der Waals surface area contributed by atoms with Gasteiger partial charge in [-0.3, -0.25) is 4.79 Å². The molecule has 0 saturated heterocycles. The van der Waals surface area contributed by atoms with Gasteiger partial charge in [-0.2, -0.15) is 0 Å². The van der Waals surface area contributed by atoms with Crippen LogP contribution < -0.4 is 5.32 Å². The van der Waals surface area contributed by atoms with E-state index < -0.39 is 24.2 Å². The molecule has 1 amide bonds. The Balaban J connectivity index is 3.76. The van der Waals surface area contributed by atoms with Gasteiger partial charge >= 0.3 is 0 Å². The number of rotatable bonds is 31. The zero-order chi connectivity index (χ0) is 29.5. The van der Waals surface area contributed by atoms with E-state index in [1.807, 2.05) is 6.08 Å². The van der Waals surface area contributed by atoms with Crippen molar-refractivity contribution in [3.63, 3.8) is 0 Å². The first-order valence-corrected chi connectivity index (χ1v) is 17.5. The lowest BCUT2D eigenvalue weighted by atomic mass is 10.0. The van der Waals surface area contributed by atoms with Crippen molar-refractivity contribution in [1.29, 1.82) is 0 Å². The van der Waals surface area contributed by atoms with E-state index >= 15 is 0 Å². The fourth-order valence-electron chi connectivity index (χ4n) is 5.30. The van der Waals surface area contributed by atoms with Gasteiger partial charge < -0.3 is 20.6 Å². The Kier molecular flexibility index (Phi) is 30.3. The summed E-state index contributed by atoms with van der Waals surface area (Å²) in [5.74, 6) is -0.504. The van der Waals surface area contributed by atoms with Crippen molar-refractivity contribution in [2.75, 3.05) is 6.61 Å². The van der Waals surface area contributed by atoms with E-state index in [0.29, 0.717) is 6.42 Å². The molecule has 0 aliphatic heterocycles. The number of carbonyl (C=O) groups excluding carboxylic acids is 1. The summed E-state index contributed by atoms with van der Waals surface area (Å²) < 4.78 is 0. The van der Waals surface area contributed by atoms with Crippen LogP contribution in [0.2, 0.25) is 0 Å². The molecule has 0 spiro atoms.